The number of fused-ring (bicyclic) bond motifs is 1. The highest BCUT2D eigenvalue weighted by molar-refractivity contribution is 5.95. The molecule has 5 nitrogen and oxygen atoms in total. The van der Waals surface area contributed by atoms with Crippen LogP contribution in [0.25, 0.3) is 17.0 Å². The Labute approximate surface area is 163 Å². The van der Waals surface area contributed by atoms with Gasteiger partial charge in [0, 0.05) is 48.7 Å². The van der Waals surface area contributed by atoms with Crippen LogP contribution in [-0.2, 0) is 17.9 Å². The maximum atomic E-state index is 12.2. The summed E-state index contributed by atoms with van der Waals surface area (Å²) < 4.78 is 2.02. The Morgan fingerprint density at radius 2 is 1.82 bits per heavy atom. The lowest BCUT2D eigenvalue weighted by Gasteiger charge is -2.06. The van der Waals surface area contributed by atoms with Gasteiger partial charge in [0.1, 0.15) is 0 Å². The molecule has 0 atom stereocenters. The van der Waals surface area contributed by atoms with Crippen molar-refractivity contribution in [3.8, 4) is 0 Å². The first kappa shape index (κ1) is 17.7. The van der Waals surface area contributed by atoms with Crippen LogP contribution in [0.1, 0.15) is 16.7 Å². The predicted octanol–water partition coefficient (Wildman–Crippen LogP) is 3.81. The first-order chi connectivity index (χ1) is 13.8. The fourth-order valence-corrected chi connectivity index (χ4v) is 3.03. The Morgan fingerprint density at radius 1 is 1.00 bits per heavy atom. The second kappa shape index (κ2) is 8.31. The van der Waals surface area contributed by atoms with E-state index in [1.807, 2.05) is 53.2 Å². The fourth-order valence-electron chi connectivity index (χ4n) is 3.03. The summed E-state index contributed by atoms with van der Waals surface area (Å²) in [5.41, 5.74) is 4.07. The van der Waals surface area contributed by atoms with Crippen LogP contribution in [0.2, 0.25) is 0 Å². The van der Waals surface area contributed by atoms with E-state index in [0.29, 0.717) is 6.54 Å². The molecular weight excluding hydrogens is 348 g/mol. The normalized spacial score (nSPS) is 11.1. The highest BCUT2D eigenvalue weighted by Gasteiger charge is 2.01. The van der Waals surface area contributed by atoms with E-state index in [4.69, 9.17) is 0 Å². The molecule has 0 aliphatic carbocycles. The lowest BCUT2D eigenvalue weighted by molar-refractivity contribution is -0.116. The van der Waals surface area contributed by atoms with Gasteiger partial charge in [-0.3, -0.25) is 9.78 Å². The largest absolute Gasteiger partial charge is 0.348 e. The standard InChI is InChI=1S/C23H20N4O/c28-22(11-10-21-4-1-3-20-5-2-12-25-23(20)21)26-15-18-6-8-19(9-7-18)16-27-14-13-24-17-27/h1-14,17H,15-16H2,(H,26,28)/b11-10+. The molecule has 0 aliphatic heterocycles. The van der Waals surface area contributed by atoms with Gasteiger partial charge in [0.05, 0.1) is 11.8 Å². The number of benzene rings is 2. The number of aromatic nitrogens is 3. The minimum atomic E-state index is -0.129. The van der Waals surface area contributed by atoms with Crippen molar-refractivity contribution in [2.24, 2.45) is 0 Å². The number of hydrogen-bond acceptors (Lipinski definition) is 3. The second-order valence-electron chi connectivity index (χ2n) is 6.53. The molecule has 0 aliphatic rings. The van der Waals surface area contributed by atoms with Crippen molar-refractivity contribution >= 4 is 22.9 Å². The summed E-state index contributed by atoms with van der Waals surface area (Å²) in [4.78, 5) is 20.6. The molecule has 0 bridgehead atoms. The van der Waals surface area contributed by atoms with Gasteiger partial charge in [0.25, 0.3) is 0 Å². The summed E-state index contributed by atoms with van der Waals surface area (Å²) in [6, 6.07) is 18.1. The lowest BCUT2D eigenvalue weighted by Crippen LogP contribution is -2.20. The number of hydrogen-bond donors (Lipinski definition) is 1. The minimum absolute atomic E-state index is 0.129. The van der Waals surface area contributed by atoms with Crippen molar-refractivity contribution in [3.05, 3.63) is 102 Å². The second-order valence-corrected chi connectivity index (χ2v) is 6.53. The Morgan fingerprint density at radius 3 is 2.64 bits per heavy atom. The molecule has 0 fully saturated rings. The molecule has 2 heterocycles. The summed E-state index contributed by atoms with van der Waals surface area (Å²) in [5, 5.41) is 3.98. The smallest absolute Gasteiger partial charge is 0.244 e. The zero-order valence-corrected chi connectivity index (χ0v) is 15.3. The SMILES string of the molecule is O=C(/C=C/c1cccc2cccnc12)NCc1ccc(Cn2ccnc2)cc1. The molecule has 2 aromatic heterocycles. The van der Waals surface area contributed by atoms with Crippen LogP contribution < -0.4 is 5.32 Å². The highest BCUT2D eigenvalue weighted by atomic mass is 16.1. The maximum absolute atomic E-state index is 12.2. The van der Waals surface area contributed by atoms with Crippen molar-refractivity contribution in [3.63, 3.8) is 0 Å². The molecule has 0 saturated heterocycles. The van der Waals surface area contributed by atoms with Crippen molar-refractivity contribution in [2.75, 3.05) is 0 Å². The third-order valence-electron chi connectivity index (χ3n) is 4.49. The molecule has 0 unspecified atom stereocenters. The maximum Gasteiger partial charge on any atom is 0.244 e. The average Bonchev–Trinajstić information content (AvgIpc) is 3.25. The molecule has 4 rings (SSSR count). The molecule has 0 spiro atoms. The Kier molecular flexibility index (Phi) is 5.24. The van der Waals surface area contributed by atoms with Crippen LogP contribution in [0.4, 0.5) is 0 Å². The van der Waals surface area contributed by atoms with Crippen LogP contribution >= 0.6 is 0 Å². The first-order valence-corrected chi connectivity index (χ1v) is 9.11. The predicted molar refractivity (Wildman–Crippen MR) is 110 cm³/mol. The van der Waals surface area contributed by atoms with Crippen LogP contribution in [0, 0.1) is 0 Å². The number of nitrogens with zero attached hydrogens (tertiary/aromatic N) is 3. The quantitative estimate of drug-likeness (QED) is 0.527. The van der Waals surface area contributed by atoms with E-state index in [1.165, 1.54) is 5.56 Å². The summed E-state index contributed by atoms with van der Waals surface area (Å²) in [6.45, 7) is 1.27. The van der Waals surface area contributed by atoms with Crippen LogP contribution in [0.15, 0.2) is 85.6 Å². The molecule has 1 N–H and O–H groups in total. The van der Waals surface area contributed by atoms with E-state index >= 15 is 0 Å². The molecule has 0 saturated carbocycles. The van der Waals surface area contributed by atoms with E-state index in [2.05, 4.69) is 27.4 Å². The van der Waals surface area contributed by atoms with E-state index in [9.17, 15) is 4.79 Å². The zero-order chi connectivity index (χ0) is 19.2. The molecule has 5 heteroatoms. The number of amides is 1. The van der Waals surface area contributed by atoms with E-state index in [1.54, 1.807) is 30.9 Å². The topological polar surface area (TPSA) is 59.8 Å². The third kappa shape index (κ3) is 4.32. The number of carbonyl (C=O) groups excluding carboxylic acids is 1. The number of rotatable bonds is 6. The summed E-state index contributed by atoms with van der Waals surface area (Å²) in [5.74, 6) is -0.129. The van der Waals surface area contributed by atoms with Gasteiger partial charge in [-0.1, -0.05) is 48.5 Å². The highest BCUT2D eigenvalue weighted by Crippen LogP contribution is 2.17. The van der Waals surface area contributed by atoms with Gasteiger partial charge < -0.3 is 9.88 Å². The van der Waals surface area contributed by atoms with E-state index < -0.39 is 0 Å². The molecule has 138 valence electrons. The molecule has 28 heavy (non-hydrogen) atoms. The van der Waals surface area contributed by atoms with Gasteiger partial charge in [-0.05, 0) is 23.3 Å². The number of nitrogens with one attached hydrogen (secondary N) is 1. The van der Waals surface area contributed by atoms with Gasteiger partial charge in [-0.2, -0.15) is 0 Å². The van der Waals surface area contributed by atoms with Gasteiger partial charge >= 0.3 is 0 Å². The van der Waals surface area contributed by atoms with Gasteiger partial charge in [-0.15, -0.1) is 0 Å². The van der Waals surface area contributed by atoms with E-state index in [0.717, 1.165) is 28.6 Å². The third-order valence-corrected chi connectivity index (χ3v) is 4.49. The van der Waals surface area contributed by atoms with Crippen molar-refractivity contribution in [1.82, 2.24) is 19.9 Å². The molecule has 1 amide bonds. The summed E-state index contributed by atoms with van der Waals surface area (Å²) in [7, 11) is 0. The molecule has 2 aromatic carbocycles. The van der Waals surface area contributed by atoms with Gasteiger partial charge in [0.2, 0.25) is 5.91 Å². The summed E-state index contributed by atoms with van der Waals surface area (Å²) >= 11 is 0. The minimum Gasteiger partial charge on any atom is -0.348 e. The van der Waals surface area contributed by atoms with Crippen LogP contribution in [0.5, 0.6) is 0 Å². The van der Waals surface area contributed by atoms with Crippen molar-refractivity contribution in [1.29, 1.82) is 0 Å². The number of para-hydroxylation sites is 1. The van der Waals surface area contributed by atoms with Crippen LogP contribution in [0.3, 0.4) is 0 Å². The average molecular weight is 368 g/mol. The first-order valence-electron chi connectivity index (χ1n) is 9.11. The molecule has 0 radical (unpaired) electrons. The zero-order valence-electron chi connectivity index (χ0n) is 15.3. The fraction of sp³-hybridized carbons (Fsp3) is 0.0870. The Hall–Kier alpha value is -3.73. The Bertz CT molecular complexity index is 1090. The molecule has 4 aromatic rings. The Balaban J connectivity index is 1.34. The number of pyridine rings is 1. The van der Waals surface area contributed by atoms with Crippen molar-refractivity contribution < 1.29 is 4.79 Å². The number of carbonyl (C=O) groups is 1. The molecular formula is C23H20N4O. The van der Waals surface area contributed by atoms with Gasteiger partial charge in [-0.25, -0.2) is 4.98 Å². The van der Waals surface area contributed by atoms with E-state index in [-0.39, 0.29) is 5.91 Å². The van der Waals surface area contributed by atoms with Crippen LogP contribution in [-0.4, -0.2) is 20.4 Å². The summed E-state index contributed by atoms with van der Waals surface area (Å²) in [6.07, 6.45) is 10.6. The van der Waals surface area contributed by atoms with Gasteiger partial charge in [0.15, 0.2) is 0 Å². The van der Waals surface area contributed by atoms with Crippen molar-refractivity contribution in [2.45, 2.75) is 13.1 Å². The monoisotopic (exact) mass is 368 g/mol. The number of imidazole rings is 1. The lowest BCUT2D eigenvalue weighted by atomic mass is 10.1.